The molecule has 1 saturated carbocycles. The van der Waals surface area contributed by atoms with Gasteiger partial charge in [0.15, 0.2) is 0 Å². The Morgan fingerprint density at radius 1 is 1.52 bits per heavy atom. The van der Waals surface area contributed by atoms with Crippen molar-refractivity contribution in [2.45, 2.75) is 44.9 Å². The minimum absolute atomic E-state index is 0.201. The van der Waals surface area contributed by atoms with Gasteiger partial charge in [-0.05, 0) is 19.8 Å². The van der Waals surface area contributed by atoms with Crippen molar-refractivity contribution < 1.29 is 4.79 Å². The van der Waals surface area contributed by atoms with Crippen molar-refractivity contribution >= 4 is 23.2 Å². The van der Waals surface area contributed by atoms with Gasteiger partial charge in [-0.25, -0.2) is 9.78 Å². The molecule has 7 heteroatoms. The van der Waals surface area contributed by atoms with Gasteiger partial charge in [-0.2, -0.15) is 5.10 Å². The van der Waals surface area contributed by atoms with E-state index in [1.54, 1.807) is 16.0 Å². The lowest BCUT2D eigenvalue weighted by molar-refractivity contribution is 0.251. The number of urea groups is 1. The minimum Gasteiger partial charge on any atom is -0.337 e. The number of nitrogens with zero attached hydrogens (tertiary/aromatic N) is 3. The molecule has 3 rings (SSSR count). The van der Waals surface area contributed by atoms with Crippen LogP contribution in [0.5, 0.6) is 0 Å². The maximum absolute atomic E-state index is 12.1. The summed E-state index contributed by atoms with van der Waals surface area (Å²) >= 11 is 1.67. The maximum Gasteiger partial charge on any atom is 0.320 e. The first-order valence-corrected chi connectivity index (χ1v) is 8.85. The molecule has 0 unspecified atom stereocenters. The summed E-state index contributed by atoms with van der Waals surface area (Å²) in [4.78, 5) is 17.6. The van der Waals surface area contributed by atoms with E-state index in [1.165, 1.54) is 24.1 Å². The van der Waals surface area contributed by atoms with Gasteiger partial charge in [-0.3, -0.25) is 10.00 Å². The average molecular weight is 333 g/mol. The lowest BCUT2D eigenvalue weighted by atomic mass is 9.83. The van der Waals surface area contributed by atoms with Crippen molar-refractivity contribution in [2.24, 2.45) is 7.05 Å². The zero-order valence-corrected chi connectivity index (χ0v) is 14.6. The number of thiazole rings is 1. The van der Waals surface area contributed by atoms with E-state index in [2.05, 4.69) is 27.6 Å². The van der Waals surface area contributed by atoms with Crippen LogP contribution in [0.1, 0.15) is 53.6 Å². The first kappa shape index (κ1) is 16.0. The van der Waals surface area contributed by atoms with Crippen LogP contribution in [0.2, 0.25) is 0 Å². The summed E-state index contributed by atoms with van der Waals surface area (Å²) in [5.41, 5.74) is 1.08. The van der Waals surface area contributed by atoms with Gasteiger partial charge >= 0.3 is 6.03 Å². The molecule has 2 aromatic heterocycles. The van der Waals surface area contributed by atoms with Crippen molar-refractivity contribution in [3.05, 3.63) is 27.8 Å². The largest absolute Gasteiger partial charge is 0.337 e. The Labute approximate surface area is 140 Å². The van der Waals surface area contributed by atoms with Gasteiger partial charge in [0.2, 0.25) is 0 Å². The number of nitrogens with one attached hydrogen (secondary N) is 2. The van der Waals surface area contributed by atoms with Crippen LogP contribution >= 0.6 is 11.3 Å². The van der Waals surface area contributed by atoms with Gasteiger partial charge in [-0.15, -0.1) is 11.3 Å². The van der Waals surface area contributed by atoms with E-state index in [-0.39, 0.29) is 11.9 Å². The van der Waals surface area contributed by atoms with Crippen LogP contribution < -0.4 is 10.6 Å². The first-order valence-electron chi connectivity index (χ1n) is 8.04. The second kappa shape index (κ2) is 6.70. The Balaban J connectivity index is 1.52. The summed E-state index contributed by atoms with van der Waals surface area (Å²) in [5, 5.41) is 11.3. The second-order valence-electron chi connectivity index (χ2n) is 6.25. The monoisotopic (exact) mass is 333 g/mol. The van der Waals surface area contributed by atoms with E-state index in [1.807, 2.05) is 26.2 Å². The Morgan fingerprint density at radius 3 is 2.91 bits per heavy atom. The molecule has 0 aliphatic heterocycles. The number of anilines is 1. The lowest BCUT2D eigenvalue weighted by Gasteiger charge is -2.22. The molecule has 2 aromatic rings. The fourth-order valence-electron chi connectivity index (χ4n) is 2.60. The van der Waals surface area contributed by atoms with Gasteiger partial charge in [-0.1, -0.05) is 13.3 Å². The van der Waals surface area contributed by atoms with Crippen molar-refractivity contribution in [3.63, 3.8) is 0 Å². The van der Waals surface area contributed by atoms with E-state index >= 15 is 0 Å². The molecule has 1 fully saturated rings. The molecule has 1 aliphatic carbocycles. The summed E-state index contributed by atoms with van der Waals surface area (Å²) in [6, 6.07) is 1.78. The molecule has 6 nitrogen and oxygen atoms in total. The fourth-order valence-corrected chi connectivity index (χ4v) is 3.43. The van der Waals surface area contributed by atoms with E-state index in [9.17, 15) is 4.79 Å². The Bertz CT molecular complexity index is 688. The molecule has 124 valence electrons. The van der Waals surface area contributed by atoms with Gasteiger partial charge in [0, 0.05) is 42.6 Å². The number of carbonyl (C=O) groups is 1. The average Bonchev–Trinajstić information content (AvgIpc) is 3.02. The number of aryl methyl sites for hydroxylation is 2. The summed E-state index contributed by atoms with van der Waals surface area (Å²) < 4.78 is 1.74. The van der Waals surface area contributed by atoms with Crippen LogP contribution in [0.15, 0.2) is 12.3 Å². The van der Waals surface area contributed by atoms with Crippen LogP contribution in [-0.4, -0.2) is 27.3 Å². The van der Waals surface area contributed by atoms with E-state index in [0.717, 1.165) is 16.5 Å². The number of aromatic nitrogens is 3. The third-order valence-electron chi connectivity index (χ3n) is 4.29. The topological polar surface area (TPSA) is 71.8 Å². The van der Waals surface area contributed by atoms with Crippen LogP contribution in [-0.2, 0) is 7.05 Å². The predicted octanol–water partition coefficient (Wildman–Crippen LogP) is 3.38. The molecule has 2 N–H and O–H groups in total. The smallest absolute Gasteiger partial charge is 0.320 e. The summed E-state index contributed by atoms with van der Waals surface area (Å²) in [7, 11) is 1.86. The second-order valence-corrected chi connectivity index (χ2v) is 7.52. The number of amides is 2. The van der Waals surface area contributed by atoms with Crippen molar-refractivity contribution in [3.8, 4) is 0 Å². The van der Waals surface area contributed by atoms with Crippen molar-refractivity contribution in [1.82, 2.24) is 20.1 Å². The molecule has 0 spiro atoms. The van der Waals surface area contributed by atoms with Gasteiger partial charge in [0.25, 0.3) is 0 Å². The molecular weight excluding hydrogens is 310 g/mol. The predicted molar refractivity (Wildman–Crippen MR) is 92.1 cm³/mol. The molecule has 0 saturated heterocycles. The fraction of sp³-hybridized carbons (Fsp3) is 0.562. The molecule has 2 heterocycles. The molecule has 1 aliphatic rings. The zero-order chi connectivity index (χ0) is 16.4. The van der Waals surface area contributed by atoms with Gasteiger partial charge in [0.05, 0.1) is 10.7 Å². The highest BCUT2D eigenvalue weighted by Gasteiger charge is 2.23. The van der Waals surface area contributed by atoms with Crippen LogP contribution in [0.25, 0.3) is 0 Å². The number of carbonyl (C=O) groups excluding carboxylic acids is 1. The third kappa shape index (κ3) is 3.72. The van der Waals surface area contributed by atoms with Gasteiger partial charge in [0.1, 0.15) is 5.82 Å². The molecule has 1 atom stereocenters. The van der Waals surface area contributed by atoms with E-state index < -0.39 is 0 Å². The molecule has 0 aromatic carbocycles. The molecular formula is C16H23N5OS. The highest BCUT2D eigenvalue weighted by Crippen LogP contribution is 2.36. The van der Waals surface area contributed by atoms with E-state index in [4.69, 9.17) is 0 Å². The standard InChI is InChI=1S/C16H23N5OS/c1-10(15-17-9-11(2)23-15)8-18-16(22)19-14-7-13(20-21(14)3)12-5-4-6-12/h7,9-10,12H,4-6,8H2,1-3H3,(H2,18,19,22)/t10-/m0/s1. The lowest BCUT2D eigenvalue weighted by Crippen LogP contribution is -2.32. The number of hydrogen-bond acceptors (Lipinski definition) is 4. The highest BCUT2D eigenvalue weighted by molar-refractivity contribution is 7.11. The normalized spacial score (nSPS) is 16.0. The molecule has 0 bridgehead atoms. The van der Waals surface area contributed by atoms with Crippen LogP contribution in [0.4, 0.5) is 10.6 Å². The first-order chi connectivity index (χ1) is 11.0. The molecule has 0 radical (unpaired) electrons. The maximum atomic E-state index is 12.1. The van der Waals surface area contributed by atoms with Gasteiger partial charge < -0.3 is 5.32 Å². The zero-order valence-electron chi connectivity index (χ0n) is 13.8. The van der Waals surface area contributed by atoms with Crippen molar-refractivity contribution in [1.29, 1.82) is 0 Å². The number of hydrogen-bond donors (Lipinski definition) is 2. The SMILES string of the molecule is Cc1cnc([C@@H](C)CNC(=O)Nc2cc(C3CCC3)nn2C)s1. The van der Waals surface area contributed by atoms with Crippen molar-refractivity contribution in [2.75, 3.05) is 11.9 Å². The Hall–Kier alpha value is -1.89. The molecule has 2 amide bonds. The Kier molecular flexibility index (Phi) is 4.66. The van der Waals surface area contributed by atoms with Crippen LogP contribution in [0, 0.1) is 6.92 Å². The summed E-state index contributed by atoms with van der Waals surface area (Å²) in [5.74, 6) is 1.51. The highest BCUT2D eigenvalue weighted by atomic mass is 32.1. The van der Waals surface area contributed by atoms with E-state index in [0.29, 0.717) is 12.5 Å². The Morgan fingerprint density at radius 2 is 2.30 bits per heavy atom. The van der Waals surface area contributed by atoms with Crippen LogP contribution in [0.3, 0.4) is 0 Å². The third-order valence-corrected chi connectivity index (χ3v) is 5.44. The number of rotatable bonds is 5. The summed E-state index contributed by atoms with van der Waals surface area (Å²) in [6.45, 7) is 4.67. The molecule has 23 heavy (non-hydrogen) atoms. The quantitative estimate of drug-likeness (QED) is 0.881. The minimum atomic E-state index is -0.201. The summed E-state index contributed by atoms with van der Waals surface area (Å²) in [6.07, 6.45) is 5.55.